The van der Waals surface area contributed by atoms with Crippen LogP contribution in [0.5, 0.6) is 17.2 Å². The van der Waals surface area contributed by atoms with Gasteiger partial charge in [-0.3, -0.25) is 9.59 Å². The molecule has 0 unspecified atom stereocenters. The van der Waals surface area contributed by atoms with Crippen molar-refractivity contribution in [2.24, 2.45) is 0 Å². The van der Waals surface area contributed by atoms with E-state index in [1.165, 1.54) is 104 Å². The van der Waals surface area contributed by atoms with Crippen LogP contribution in [-0.4, -0.2) is 58.0 Å². The van der Waals surface area contributed by atoms with Crippen molar-refractivity contribution in [1.82, 2.24) is 0 Å². The fourth-order valence-corrected chi connectivity index (χ4v) is 6.20. The fourth-order valence-electron chi connectivity index (χ4n) is 6.20. The van der Waals surface area contributed by atoms with Gasteiger partial charge in [0.2, 0.25) is 5.78 Å². The minimum absolute atomic E-state index is 0. The summed E-state index contributed by atoms with van der Waals surface area (Å²) in [5.74, 6) is 0.753. The Labute approximate surface area is 270 Å². The standard InChI is InChI=1S/C36H54NO5.BrH/c1-7-8-9-10-11-12-13-14-15-16-17-18-19-20-21-37(2,3)26-27-22-29-33(31(23-27)41-5)36(39)34-30(35(29)38)24-28(40-4)25-32(34)42-6;/h22-25H,7-21,26H2,1-6H3;1H/q+1;/p-1. The Hall–Kier alpha value is -2.38. The summed E-state index contributed by atoms with van der Waals surface area (Å²) in [6.07, 6.45) is 19.0. The van der Waals surface area contributed by atoms with Crippen LogP contribution in [0, 0.1) is 0 Å². The molecule has 2 aromatic rings. The first-order valence-electron chi connectivity index (χ1n) is 16.1. The maximum absolute atomic E-state index is 13.7. The molecule has 1 aliphatic rings. The Morgan fingerprint density at radius 3 is 1.53 bits per heavy atom. The average molecular weight is 661 g/mol. The maximum Gasteiger partial charge on any atom is 0.201 e. The van der Waals surface area contributed by atoms with E-state index < -0.39 is 0 Å². The van der Waals surface area contributed by atoms with Gasteiger partial charge in [0.1, 0.15) is 23.8 Å². The lowest BCUT2D eigenvalue weighted by Crippen LogP contribution is -3.00. The van der Waals surface area contributed by atoms with Crippen LogP contribution in [0.4, 0.5) is 0 Å². The molecule has 0 aromatic heterocycles. The van der Waals surface area contributed by atoms with Crippen LogP contribution in [-0.2, 0) is 6.54 Å². The Morgan fingerprint density at radius 1 is 0.581 bits per heavy atom. The number of hydrogen-bond donors (Lipinski definition) is 0. The molecule has 0 aliphatic heterocycles. The van der Waals surface area contributed by atoms with E-state index in [4.69, 9.17) is 14.2 Å². The Bertz CT molecular complexity index is 1190. The van der Waals surface area contributed by atoms with Crippen molar-refractivity contribution in [3.8, 4) is 17.2 Å². The van der Waals surface area contributed by atoms with Crippen molar-refractivity contribution in [2.45, 2.75) is 103 Å². The highest BCUT2D eigenvalue weighted by atomic mass is 79.9. The molecule has 240 valence electrons. The second kappa shape index (κ2) is 18.4. The lowest BCUT2D eigenvalue weighted by Gasteiger charge is -2.31. The summed E-state index contributed by atoms with van der Waals surface area (Å²) in [5, 5.41) is 0. The number of hydrogen-bond acceptors (Lipinski definition) is 5. The topological polar surface area (TPSA) is 61.8 Å². The monoisotopic (exact) mass is 659 g/mol. The third-order valence-electron chi connectivity index (χ3n) is 8.58. The van der Waals surface area contributed by atoms with Gasteiger partial charge in [0, 0.05) is 22.8 Å². The lowest BCUT2D eigenvalue weighted by atomic mass is 9.82. The van der Waals surface area contributed by atoms with Crippen LogP contribution < -0.4 is 31.2 Å². The third kappa shape index (κ3) is 10.3. The zero-order valence-corrected chi connectivity index (χ0v) is 29.1. The Kier molecular flexibility index (Phi) is 15.8. The largest absolute Gasteiger partial charge is 1.00 e. The van der Waals surface area contributed by atoms with Crippen LogP contribution in [0.25, 0.3) is 0 Å². The van der Waals surface area contributed by atoms with E-state index in [-0.39, 0.29) is 34.1 Å². The van der Waals surface area contributed by atoms with E-state index in [2.05, 4.69) is 21.0 Å². The maximum atomic E-state index is 13.7. The van der Waals surface area contributed by atoms with E-state index in [1.807, 2.05) is 12.1 Å². The number of carbonyl (C=O) groups excluding carboxylic acids is 2. The molecule has 0 amide bonds. The number of ketones is 2. The molecule has 0 saturated carbocycles. The van der Waals surface area contributed by atoms with Gasteiger partial charge in [-0.15, -0.1) is 0 Å². The number of nitrogens with zero attached hydrogens (tertiary/aromatic N) is 1. The molecule has 2 aromatic carbocycles. The second-order valence-corrected chi connectivity index (χ2v) is 12.5. The number of unbranched alkanes of at least 4 members (excludes halogenated alkanes) is 13. The van der Waals surface area contributed by atoms with Crippen molar-refractivity contribution in [2.75, 3.05) is 42.0 Å². The highest BCUT2D eigenvalue weighted by Crippen LogP contribution is 2.40. The van der Waals surface area contributed by atoms with E-state index in [0.29, 0.717) is 33.9 Å². The average Bonchev–Trinajstić information content (AvgIpc) is 2.98. The summed E-state index contributed by atoms with van der Waals surface area (Å²) in [4.78, 5) is 27.3. The highest BCUT2D eigenvalue weighted by molar-refractivity contribution is 6.30. The van der Waals surface area contributed by atoms with Gasteiger partial charge in [0.05, 0.1) is 53.1 Å². The smallest absolute Gasteiger partial charge is 0.201 e. The molecule has 43 heavy (non-hydrogen) atoms. The first-order chi connectivity index (χ1) is 20.3. The van der Waals surface area contributed by atoms with E-state index in [1.54, 1.807) is 19.2 Å². The predicted molar refractivity (Wildman–Crippen MR) is 170 cm³/mol. The number of rotatable bonds is 20. The van der Waals surface area contributed by atoms with Gasteiger partial charge in [-0.25, -0.2) is 0 Å². The van der Waals surface area contributed by atoms with Gasteiger partial charge < -0.3 is 35.7 Å². The molecular formula is C36H54BrNO5. The summed E-state index contributed by atoms with van der Waals surface area (Å²) in [6.45, 7) is 4.08. The zero-order valence-electron chi connectivity index (χ0n) is 27.5. The van der Waals surface area contributed by atoms with Crippen LogP contribution in [0.1, 0.15) is 134 Å². The molecule has 1 aliphatic carbocycles. The summed E-state index contributed by atoms with van der Waals surface area (Å²) in [5.41, 5.74) is 2.24. The molecule has 0 spiro atoms. The zero-order chi connectivity index (χ0) is 30.5. The second-order valence-electron chi connectivity index (χ2n) is 12.5. The van der Waals surface area contributed by atoms with Crippen molar-refractivity contribution in [3.05, 3.63) is 52.1 Å². The predicted octanol–water partition coefficient (Wildman–Crippen LogP) is 5.55. The minimum atomic E-state index is -0.265. The lowest BCUT2D eigenvalue weighted by molar-refractivity contribution is -0.903. The number of methoxy groups -OCH3 is 3. The normalized spacial score (nSPS) is 12.4. The quantitative estimate of drug-likeness (QED) is 0.118. The fraction of sp³-hybridized carbons (Fsp3) is 0.611. The van der Waals surface area contributed by atoms with Crippen LogP contribution in [0.2, 0.25) is 0 Å². The van der Waals surface area contributed by atoms with Crippen LogP contribution in [0.15, 0.2) is 24.3 Å². The number of ether oxygens (including phenoxy) is 3. The molecule has 3 rings (SSSR count). The molecule has 0 radical (unpaired) electrons. The SMILES string of the molecule is CCCCCCCCCCCCCCCC[N+](C)(C)Cc1cc(OC)c2c(c1)C(=O)c1cc(OC)cc(OC)c1C2=O.[Br-]. The van der Waals surface area contributed by atoms with Gasteiger partial charge in [-0.05, 0) is 31.0 Å². The number of quaternary nitrogens is 1. The number of halogens is 1. The molecule has 0 saturated heterocycles. The van der Waals surface area contributed by atoms with Crippen molar-refractivity contribution in [1.29, 1.82) is 0 Å². The summed E-state index contributed by atoms with van der Waals surface area (Å²) in [6, 6.07) is 7.04. The van der Waals surface area contributed by atoms with E-state index in [0.717, 1.165) is 23.1 Å². The number of fused-ring (bicyclic) bond motifs is 2. The van der Waals surface area contributed by atoms with Gasteiger partial charge >= 0.3 is 0 Å². The molecule has 0 atom stereocenters. The Morgan fingerprint density at radius 2 is 1.05 bits per heavy atom. The van der Waals surface area contributed by atoms with Gasteiger partial charge in [0.25, 0.3) is 0 Å². The molecule has 0 N–H and O–H groups in total. The van der Waals surface area contributed by atoms with Crippen molar-refractivity contribution in [3.63, 3.8) is 0 Å². The molecular weight excluding hydrogens is 606 g/mol. The first-order valence-corrected chi connectivity index (χ1v) is 16.1. The van der Waals surface area contributed by atoms with Gasteiger partial charge in [0.15, 0.2) is 5.78 Å². The highest BCUT2D eigenvalue weighted by Gasteiger charge is 2.36. The summed E-state index contributed by atoms with van der Waals surface area (Å²) in [7, 11) is 9.02. The van der Waals surface area contributed by atoms with Crippen LogP contribution >= 0.6 is 0 Å². The molecule has 6 nitrogen and oxygen atoms in total. The minimum Gasteiger partial charge on any atom is -1.00 e. The van der Waals surface area contributed by atoms with Gasteiger partial charge in [-0.1, -0.05) is 84.0 Å². The van der Waals surface area contributed by atoms with E-state index >= 15 is 0 Å². The summed E-state index contributed by atoms with van der Waals surface area (Å²) < 4.78 is 17.3. The molecule has 7 heteroatoms. The third-order valence-corrected chi connectivity index (χ3v) is 8.58. The number of carbonyl (C=O) groups is 2. The molecule has 0 fully saturated rings. The number of benzene rings is 2. The summed E-state index contributed by atoms with van der Waals surface area (Å²) >= 11 is 0. The first kappa shape index (κ1) is 36.8. The molecule has 0 heterocycles. The molecule has 0 bridgehead atoms. The van der Waals surface area contributed by atoms with Crippen molar-refractivity contribution >= 4 is 11.6 Å². The van der Waals surface area contributed by atoms with Crippen molar-refractivity contribution < 1.29 is 45.3 Å². The van der Waals surface area contributed by atoms with Gasteiger partial charge in [-0.2, -0.15) is 0 Å². The van der Waals surface area contributed by atoms with Crippen LogP contribution in [0.3, 0.4) is 0 Å². The van der Waals surface area contributed by atoms with E-state index in [9.17, 15) is 9.59 Å². The Balaban J connectivity index is 0.00000645.